The van der Waals surface area contributed by atoms with E-state index in [2.05, 4.69) is 5.32 Å². The van der Waals surface area contributed by atoms with Crippen LogP contribution >= 0.6 is 0 Å². The Morgan fingerprint density at radius 2 is 2.00 bits per heavy atom. The minimum atomic E-state index is -1.03. The van der Waals surface area contributed by atoms with E-state index in [1.807, 2.05) is 13.8 Å². The fourth-order valence-corrected chi connectivity index (χ4v) is 1.57. The summed E-state index contributed by atoms with van der Waals surface area (Å²) in [4.78, 5) is 22.7. The average molecular weight is 235 g/mol. The van der Waals surface area contributed by atoms with Gasteiger partial charge < -0.3 is 10.4 Å². The number of para-hydroxylation sites is 1. The summed E-state index contributed by atoms with van der Waals surface area (Å²) < 4.78 is 0. The minimum absolute atomic E-state index is 0.127. The molecule has 1 aromatic rings. The Labute approximate surface area is 101 Å². The zero-order chi connectivity index (χ0) is 13.0. The number of carboxylic acid groups (broad SMARTS) is 1. The molecule has 0 aliphatic rings. The van der Waals surface area contributed by atoms with Gasteiger partial charge >= 0.3 is 5.97 Å². The van der Waals surface area contributed by atoms with Crippen LogP contribution in [-0.2, 0) is 4.79 Å². The topological polar surface area (TPSA) is 66.4 Å². The molecule has 0 saturated carbocycles. The van der Waals surface area contributed by atoms with Crippen molar-refractivity contribution in [2.45, 2.75) is 27.2 Å². The Bertz CT molecular complexity index is 438. The number of carboxylic acids is 1. The first-order chi connectivity index (χ1) is 7.91. The maximum Gasteiger partial charge on any atom is 0.337 e. The molecule has 0 bridgehead atoms. The largest absolute Gasteiger partial charge is 0.478 e. The van der Waals surface area contributed by atoms with Gasteiger partial charge in [0.1, 0.15) is 0 Å². The lowest BCUT2D eigenvalue weighted by Crippen LogP contribution is -2.17. The fourth-order valence-electron chi connectivity index (χ4n) is 1.57. The maximum absolute atomic E-state index is 11.6. The Hall–Kier alpha value is -1.84. The molecule has 17 heavy (non-hydrogen) atoms. The Kier molecular flexibility index (Phi) is 4.26. The highest BCUT2D eigenvalue weighted by atomic mass is 16.4. The zero-order valence-electron chi connectivity index (χ0n) is 10.3. The molecular weight excluding hydrogens is 218 g/mol. The van der Waals surface area contributed by atoms with Crippen molar-refractivity contribution in [3.63, 3.8) is 0 Å². The molecule has 1 rings (SSSR count). The van der Waals surface area contributed by atoms with Gasteiger partial charge in [0.15, 0.2) is 0 Å². The lowest BCUT2D eigenvalue weighted by molar-refractivity contribution is -0.116. The van der Waals surface area contributed by atoms with Gasteiger partial charge in [-0.05, 0) is 24.5 Å². The third kappa shape index (κ3) is 3.59. The van der Waals surface area contributed by atoms with Gasteiger partial charge in [0.25, 0.3) is 0 Å². The normalized spacial score (nSPS) is 10.4. The molecule has 0 aliphatic carbocycles. The molecule has 0 heterocycles. The van der Waals surface area contributed by atoms with Gasteiger partial charge in [0, 0.05) is 6.42 Å². The van der Waals surface area contributed by atoms with E-state index in [1.54, 1.807) is 19.1 Å². The summed E-state index contributed by atoms with van der Waals surface area (Å²) in [5.74, 6) is -0.947. The van der Waals surface area contributed by atoms with Gasteiger partial charge in [0.05, 0.1) is 11.3 Å². The summed E-state index contributed by atoms with van der Waals surface area (Å²) >= 11 is 0. The summed E-state index contributed by atoms with van der Waals surface area (Å²) in [7, 11) is 0. The van der Waals surface area contributed by atoms with Crippen molar-refractivity contribution in [1.29, 1.82) is 0 Å². The first kappa shape index (κ1) is 13.2. The van der Waals surface area contributed by atoms with Crippen LogP contribution in [0.4, 0.5) is 5.69 Å². The van der Waals surface area contributed by atoms with Crippen LogP contribution in [0.1, 0.15) is 36.2 Å². The molecule has 0 aromatic heterocycles. The predicted molar refractivity (Wildman–Crippen MR) is 66.2 cm³/mol. The number of rotatable bonds is 4. The number of nitrogens with one attached hydrogen (secondary N) is 1. The molecule has 2 N–H and O–H groups in total. The van der Waals surface area contributed by atoms with Crippen LogP contribution < -0.4 is 5.32 Å². The predicted octanol–water partition coefficient (Wildman–Crippen LogP) is 2.68. The zero-order valence-corrected chi connectivity index (χ0v) is 10.3. The molecule has 0 radical (unpaired) electrons. The average Bonchev–Trinajstić information content (AvgIpc) is 2.19. The number of aromatic carboxylic acids is 1. The van der Waals surface area contributed by atoms with Gasteiger partial charge in [-0.15, -0.1) is 0 Å². The van der Waals surface area contributed by atoms with Crippen molar-refractivity contribution < 1.29 is 14.7 Å². The molecular formula is C13H17NO3. The summed E-state index contributed by atoms with van der Waals surface area (Å²) in [5, 5.41) is 11.7. The molecule has 0 unspecified atom stereocenters. The molecule has 0 atom stereocenters. The highest BCUT2D eigenvalue weighted by Gasteiger charge is 2.14. The van der Waals surface area contributed by atoms with Gasteiger partial charge in [-0.25, -0.2) is 4.79 Å². The van der Waals surface area contributed by atoms with Crippen molar-refractivity contribution in [2.75, 3.05) is 5.32 Å². The van der Waals surface area contributed by atoms with Gasteiger partial charge in [-0.3, -0.25) is 4.79 Å². The smallest absolute Gasteiger partial charge is 0.337 e. The number of carbonyl (C=O) groups excluding carboxylic acids is 1. The molecule has 4 heteroatoms. The van der Waals surface area contributed by atoms with Crippen molar-refractivity contribution in [2.24, 2.45) is 5.92 Å². The molecule has 0 fully saturated rings. The first-order valence-electron chi connectivity index (χ1n) is 5.54. The summed E-state index contributed by atoms with van der Waals surface area (Å²) in [5.41, 5.74) is 1.27. The van der Waals surface area contributed by atoms with Gasteiger partial charge in [-0.1, -0.05) is 26.0 Å². The van der Waals surface area contributed by atoms with E-state index in [9.17, 15) is 9.59 Å². The lowest BCUT2D eigenvalue weighted by Gasteiger charge is -2.12. The van der Waals surface area contributed by atoms with E-state index in [1.165, 1.54) is 6.07 Å². The van der Waals surface area contributed by atoms with Crippen molar-refractivity contribution >= 4 is 17.6 Å². The second-order valence-electron chi connectivity index (χ2n) is 4.45. The van der Waals surface area contributed by atoms with Gasteiger partial charge in [-0.2, -0.15) is 0 Å². The minimum Gasteiger partial charge on any atom is -0.478 e. The number of hydrogen-bond acceptors (Lipinski definition) is 2. The van der Waals surface area contributed by atoms with Crippen LogP contribution in [0.5, 0.6) is 0 Å². The van der Waals surface area contributed by atoms with E-state index < -0.39 is 5.97 Å². The SMILES string of the molecule is Cc1cccc(C(=O)O)c1NC(=O)CC(C)C. The lowest BCUT2D eigenvalue weighted by atomic mass is 10.1. The van der Waals surface area contributed by atoms with E-state index in [-0.39, 0.29) is 17.4 Å². The number of benzene rings is 1. The van der Waals surface area contributed by atoms with Crippen LogP contribution in [0.3, 0.4) is 0 Å². The van der Waals surface area contributed by atoms with E-state index in [0.717, 1.165) is 5.56 Å². The molecule has 0 spiro atoms. The van der Waals surface area contributed by atoms with E-state index in [0.29, 0.717) is 12.1 Å². The highest BCUT2D eigenvalue weighted by molar-refractivity contribution is 6.01. The van der Waals surface area contributed by atoms with Crippen LogP contribution in [0.25, 0.3) is 0 Å². The highest BCUT2D eigenvalue weighted by Crippen LogP contribution is 2.21. The van der Waals surface area contributed by atoms with Crippen molar-refractivity contribution in [3.8, 4) is 0 Å². The second-order valence-corrected chi connectivity index (χ2v) is 4.45. The van der Waals surface area contributed by atoms with Crippen molar-refractivity contribution in [1.82, 2.24) is 0 Å². The number of carbonyl (C=O) groups is 2. The second kappa shape index (κ2) is 5.48. The van der Waals surface area contributed by atoms with Crippen LogP contribution in [0.2, 0.25) is 0 Å². The number of hydrogen-bond donors (Lipinski definition) is 2. The molecule has 0 aliphatic heterocycles. The first-order valence-corrected chi connectivity index (χ1v) is 5.54. The third-order valence-electron chi connectivity index (χ3n) is 2.36. The molecule has 0 saturated heterocycles. The Morgan fingerprint density at radius 1 is 1.35 bits per heavy atom. The molecule has 4 nitrogen and oxygen atoms in total. The van der Waals surface area contributed by atoms with Crippen LogP contribution in [0.15, 0.2) is 18.2 Å². The van der Waals surface area contributed by atoms with Crippen LogP contribution in [-0.4, -0.2) is 17.0 Å². The van der Waals surface area contributed by atoms with Gasteiger partial charge in [0.2, 0.25) is 5.91 Å². The third-order valence-corrected chi connectivity index (χ3v) is 2.36. The summed E-state index contributed by atoms with van der Waals surface area (Å²) in [6.07, 6.45) is 0.382. The number of amides is 1. The Morgan fingerprint density at radius 3 is 2.53 bits per heavy atom. The standard InChI is InChI=1S/C13H17NO3/c1-8(2)7-11(15)14-12-9(3)5-4-6-10(12)13(16)17/h4-6,8H,7H2,1-3H3,(H,14,15)(H,16,17). The van der Waals surface area contributed by atoms with E-state index in [4.69, 9.17) is 5.11 Å². The maximum atomic E-state index is 11.6. The Balaban J connectivity index is 2.97. The number of anilines is 1. The number of aryl methyl sites for hydroxylation is 1. The van der Waals surface area contributed by atoms with E-state index >= 15 is 0 Å². The summed E-state index contributed by atoms with van der Waals surface area (Å²) in [6, 6.07) is 4.93. The monoisotopic (exact) mass is 235 g/mol. The van der Waals surface area contributed by atoms with Crippen molar-refractivity contribution in [3.05, 3.63) is 29.3 Å². The molecule has 92 valence electrons. The molecule has 1 amide bonds. The fraction of sp³-hybridized carbons (Fsp3) is 0.385. The summed E-state index contributed by atoms with van der Waals surface area (Å²) in [6.45, 7) is 5.66. The van der Waals surface area contributed by atoms with Crippen LogP contribution in [0, 0.1) is 12.8 Å². The molecule has 1 aromatic carbocycles. The quantitative estimate of drug-likeness (QED) is 0.843.